The van der Waals surface area contributed by atoms with E-state index < -0.39 is 16.9 Å². The van der Waals surface area contributed by atoms with Gasteiger partial charge in [-0.05, 0) is 0 Å². The molecule has 0 aromatic heterocycles. The molecule has 0 spiro atoms. The van der Waals surface area contributed by atoms with Gasteiger partial charge in [-0.25, -0.2) is 0 Å². The molecule has 0 saturated heterocycles. The van der Waals surface area contributed by atoms with Crippen LogP contribution in [0.4, 0.5) is 0 Å². The fourth-order valence-electron chi connectivity index (χ4n) is 1.31. The van der Waals surface area contributed by atoms with Gasteiger partial charge in [-0.2, -0.15) is 0 Å². The zero-order valence-electron chi connectivity index (χ0n) is 9.80. The van der Waals surface area contributed by atoms with Crippen molar-refractivity contribution in [1.29, 1.82) is 0 Å². The molecule has 0 N–H and O–H groups in total. The summed E-state index contributed by atoms with van der Waals surface area (Å²) in [5, 5.41) is 0.417. The maximum Gasteiger partial charge on any atom is 0.500 e. The van der Waals surface area contributed by atoms with Crippen LogP contribution in [0.5, 0.6) is 0 Å². The fraction of sp³-hybridized carbons (Fsp3) is 1.00. The molecule has 1 atom stereocenters. The molecule has 0 fully saturated rings. The monoisotopic (exact) mass is 222 g/mol. The summed E-state index contributed by atoms with van der Waals surface area (Å²) in [6.45, 7) is 9.08. The first-order valence-electron chi connectivity index (χ1n) is 4.49. The van der Waals surface area contributed by atoms with Gasteiger partial charge < -0.3 is 13.3 Å². The molecule has 0 aromatic carbocycles. The molecule has 0 aliphatic heterocycles. The lowest BCUT2D eigenvalue weighted by molar-refractivity contribution is 0.120. The summed E-state index contributed by atoms with van der Waals surface area (Å²) in [6.07, 6.45) is 0. The summed E-state index contributed by atoms with van der Waals surface area (Å²) in [5.74, 6) is 0. The molecule has 5 heteroatoms. The molecular weight excluding hydrogens is 200 g/mol. The molecule has 0 amide bonds. The van der Waals surface area contributed by atoms with E-state index in [1.165, 1.54) is 0 Å². The van der Waals surface area contributed by atoms with Crippen LogP contribution in [0.2, 0.25) is 24.8 Å². The Balaban J connectivity index is 4.73. The standard InChI is InChI=1S/C8H22O3Si2/c1-8(12(5,6)7)13(9-2,10-3)11-4/h8H,1-7H3. The minimum Gasteiger partial charge on any atom is -0.377 e. The van der Waals surface area contributed by atoms with Crippen molar-refractivity contribution in [2.75, 3.05) is 21.3 Å². The van der Waals surface area contributed by atoms with E-state index in [1.54, 1.807) is 21.3 Å². The van der Waals surface area contributed by atoms with Crippen LogP contribution in [0.25, 0.3) is 0 Å². The van der Waals surface area contributed by atoms with Crippen LogP contribution in [0.3, 0.4) is 0 Å². The maximum atomic E-state index is 5.45. The molecule has 13 heavy (non-hydrogen) atoms. The Morgan fingerprint density at radius 3 is 1.23 bits per heavy atom. The Morgan fingerprint density at radius 1 is 0.846 bits per heavy atom. The number of hydrogen-bond donors (Lipinski definition) is 0. The molecular formula is C8H22O3Si2. The van der Waals surface area contributed by atoms with Crippen molar-refractivity contribution in [3.63, 3.8) is 0 Å². The van der Waals surface area contributed by atoms with Crippen LogP contribution in [0, 0.1) is 0 Å². The van der Waals surface area contributed by atoms with Crippen LogP contribution in [0.1, 0.15) is 6.92 Å². The van der Waals surface area contributed by atoms with Gasteiger partial charge in [0.2, 0.25) is 0 Å². The third-order valence-corrected chi connectivity index (χ3v) is 11.7. The molecule has 1 unspecified atom stereocenters. The van der Waals surface area contributed by atoms with E-state index in [0.29, 0.717) is 5.16 Å². The van der Waals surface area contributed by atoms with Crippen molar-refractivity contribution in [3.8, 4) is 0 Å². The average molecular weight is 222 g/mol. The van der Waals surface area contributed by atoms with Gasteiger partial charge in [-0.1, -0.05) is 26.6 Å². The van der Waals surface area contributed by atoms with E-state index in [9.17, 15) is 0 Å². The van der Waals surface area contributed by atoms with Crippen LogP contribution in [-0.4, -0.2) is 38.2 Å². The van der Waals surface area contributed by atoms with Gasteiger partial charge in [0.1, 0.15) is 0 Å². The van der Waals surface area contributed by atoms with Gasteiger partial charge in [-0.15, -0.1) is 0 Å². The smallest absolute Gasteiger partial charge is 0.377 e. The first kappa shape index (κ1) is 13.3. The third kappa shape index (κ3) is 2.88. The van der Waals surface area contributed by atoms with E-state index in [2.05, 4.69) is 26.6 Å². The number of hydrogen-bond acceptors (Lipinski definition) is 3. The van der Waals surface area contributed by atoms with E-state index >= 15 is 0 Å². The lowest BCUT2D eigenvalue weighted by Gasteiger charge is -2.36. The summed E-state index contributed by atoms with van der Waals surface area (Å²) < 4.78 is 16.4. The van der Waals surface area contributed by atoms with E-state index in [4.69, 9.17) is 13.3 Å². The van der Waals surface area contributed by atoms with Crippen LogP contribution in [-0.2, 0) is 13.3 Å². The minimum absolute atomic E-state index is 0.417. The highest BCUT2D eigenvalue weighted by atomic mass is 28.4. The lowest BCUT2D eigenvalue weighted by atomic mass is 10.9. The van der Waals surface area contributed by atoms with Crippen LogP contribution in [0.15, 0.2) is 0 Å². The highest BCUT2D eigenvalue weighted by Gasteiger charge is 2.50. The summed E-state index contributed by atoms with van der Waals surface area (Å²) >= 11 is 0. The Bertz CT molecular complexity index is 144. The highest BCUT2D eigenvalue weighted by Crippen LogP contribution is 2.32. The molecule has 0 saturated carbocycles. The van der Waals surface area contributed by atoms with Crippen molar-refractivity contribution in [1.82, 2.24) is 0 Å². The molecule has 0 bridgehead atoms. The predicted octanol–water partition coefficient (Wildman–Crippen LogP) is 2.13. The summed E-state index contributed by atoms with van der Waals surface area (Å²) in [4.78, 5) is 0. The van der Waals surface area contributed by atoms with Crippen molar-refractivity contribution < 1.29 is 13.3 Å². The zero-order valence-corrected chi connectivity index (χ0v) is 11.8. The highest BCUT2D eigenvalue weighted by molar-refractivity contribution is 6.90. The Kier molecular flexibility index (Phi) is 4.81. The molecule has 3 nitrogen and oxygen atoms in total. The van der Waals surface area contributed by atoms with Crippen LogP contribution >= 0.6 is 0 Å². The number of rotatable bonds is 5. The largest absolute Gasteiger partial charge is 0.500 e. The maximum absolute atomic E-state index is 5.45. The Labute approximate surface area is 83.8 Å². The molecule has 0 rings (SSSR count). The Hall–Kier alpha value is 0.314. The second kappa shape index (κ2) is 4.70. The average Bonchev–Trinajstić information content (AvgIpc) is 2.07. The molecule has 80 valence electrons. The van der Waals surface area contributed by atoms with Crippen molar-refractivity contribution in [2.24, 2.45) is 0 Å². The molecule has 0 aliphatic rings. The molecule has 0 radical (unpaired) electrons. The predicted molar refractivity (Wildman–Crippen MR) is 59.6 cm³/mol. The van der Waals surface area contributed by atoms with E-state index in [-0.39, 0.29) is 0 Å². The van der Waals surface area contributed by atoms with Gasteiger partial charge in [0.05, 0.1) is 8.07 Å². The van der Waals surface area contributed by atoms with Crippen molar-refractivity contribution >= 4 is 16.9 Å². The molecule has 0 heterocycles. The summed E-state index contributed by atoms with van der Waals surface area (Å²) in [7, 11) is 1.36. The van der Waals surface area contributed by atoms with Gasteiger partial charge in [-0.3, -0.25) is 0 Å². The summed E-state index contributed by atoms with van der Waals surface area (Å²) in [6, 6.07) is 0. The fourth-order valence-corrected chi connectivity index (χ4v) is 8.17. The summed E-state index contributed by atoms with van der Waals surface area (Å²) in [5.41, 5.74) is 0. The second-order valence-corrected chi connectivity index (χ2v) is 13.8. The lowest BCUT2D eigenvalue weighted by Crippen LogP contribution is -2.54. The minimum atomic E-state index is -2.39. The second-order valence-electron chi connectivity index (χ2n) is 4.30. The van der Waals surface area contributed by atoms with Gasteiger partial charge in [0.25, 0.3) is 0 Å². The van der Waals surface area contributed by atoms with Crippen molar-refractivity contribution in [3.05, 3.63) is 0 Å². The molecule has 0 aliphatic carbocycles. The SMILES string of the molecule is CO[Si](OC)(OC)C(C)[Si](C)(C)C. The van der Waals surface area contributed by atoms with Crippen molar-refractivity contribution in [2.45, 2.75) is 31.7 Å². The first-order valence-corrected chi connectivity index (χ1v) is 9.87. The van der Waals surface area contributed by atoms with E-state index in [1.807, 2.05) is 0 Å². The topological polar surface area (TPSA) is 27.7 Å². The van der Waals surface area contributed by atoms with Gasteiger partial charge in [0, 0.05) is 26.5 Å². The zero-order chi connectivity index (χ0) is 10.7. The van der Waals surface area contributed by atoms with Gasteiger partial charge in [0.15, 0.2) is 0 Å². The van der Waals surface area contributed by atoms with Gasteiger partial charge >= 0.3 is 8.80 Å². The van der Waals surface area contributed by atoms with Crippen LogP contribution < -0.4 is 0 Å². The van der Waals surface area contributed by atoms with E-state index in [0.717, 1.165) is 0 Å². The first-order chi connectivity index (χ1) is 5.84. The quantitative estimate of drug-likeness (QED) is 0.667. The molecule has 0 aromatic rings. The normalized spacial score (nSPS) is 15.9. The Morgan fingerprint density at radius 2 is 1.15 bits per heavy atom. The third-order valence-electron chi connectivity index (χ3n) is 2.68.